The van der Waals surface area contributed by atoms with Crippen molar-refractivity contribution in [3.8, 4) is 0 Å². The third kappa shape index (κ3) is 4.38. The van der Waals surface area contributed by atoms with Gasteiger partial charge in [-0.25, -0.2) is 13.4 Å². The zero-order valence-corrected chi connectivity index (χ0v) is 15.1. The predicted octanol–water partition coefficient (Wildman–Crippen LogP) is 2.33. The highest BCUT2D eigenvalue weighted by Gasteiger charge is 2.28. The summed E-state index contributed by atoms with van der Waals surface area (Å²) >= 11 is 0. The van der Waals surface area contributed by atoms with Crippen LogP contribution >= 0.6 is 0 Å². The van der Waals surface area contributed by atoms with Gasteiger partial charge in [0, 0.05) is 31.2 Å². The summed E-state index contributed by atoms with van der Waals surface area (Å²) in [5.41, 5.74) is 0.352. The van der Waals surface area contributed by atoms with E-state index in [1.54, 1.807) is 18.6 Å². The minimum Gasteiger partial charge on any atom is -0.355 e. The van der Waals surface area contributed by atoms with Gasteiger partial charge in [-0.05, 0) is 37.1 Å². The van der Waals surface area contributed by atoms with E-state index in [1.165, 1.54) is 12.1 Å². The van der Waals surface area contributed by atoms with E-state index in [2.05, 4.69) is 15.3 Å². The quantitative estimate of drug-likeness (QED) is 0.834. The molecule has 0 bridgehead atoms. The first-order chi connectivity index (χ1) is 12.9. The van der Waals surface area contributed by atoms with E-state index in [1.807, 2.05) is 4.90 Å². The van der Waals surface area contributed by atoms with Crippen LogP contribution in [-0.2, 0) is 14.6 Å². The molecule has 0 saturated carbocycles. The number of halogens is 2. The Balaban J connectivity index is 1.65. The largest absolute Gasteiger partial charge is 0.355 e. The Morgan fingerprint density at radius 3 is 2.59 bits per heavy atom. The fourth-order valence-electron chi connectivity index (χ4n) is 2.93. The van der Waals surface area contributed by atoms with Crippen LogP contribution in [0.5, 0.6) is 0 Å². The first-order valence-electron chi connectivity index (χ1n) is 8.32. The van der Waals surface area contributed by atoms with Gasteiger partial charge in [-0.15, -0.1) is 0 Å². The Morgan fingerprint density at radius 1 is 1.22 bits per heavy atom. The molecular weight excluding hydrogens is 378 g/mol. The van der Waals surface area contributed by atoms with Crippen LogP contribution in [0.3, 0.4) is 0 Å². The smallest absolute Gasteiger partial charge is 0.341 e. The van der Waals surface area contributed by atoms with Gasteiger partial charge in [0.2, 0.25) is 15.7 Å². The molecule has 0 radical (unpaired) electrons. The molecule has 1 N–H and O–H groups in total. The van der Waals surface area contributed by atoms with Gasteiger partial charge in [-0.1, -0.05) is 0 Å². The molecule has 0 aliphatic carbocycles. The van der Waals surface area contributed by atoms with Crippen LogP contribution in [0, 0.1) is 5.92 Å². The highest BCUT2D eigenvalue weighted by Crippen LogP contribution is 2.24. The van der Waals surface area contributed by atoms with E-state index in [4.69, 9.17) is 0 Å². The van der Waals surface area contributed by atoms with Gasteiger partial charge in [0.15, 0.2) is 0 Å². The molecule has 1 aliphatic rings. The second-order valence-electron chi connectivity index (χ2n) is 6.17. The summed E-state index contributed by atoms with van der Waals surface area (Å²) in [4.78, 5) is 22.3. The van der Waals surface area contributed by atoms with Crippen LogP contribution in [0.15, 0.2) is 47.8 Å². The standard InChI is InChI=1S/C17H18F2N4O3S/c18-17(19)27(25,26)14-5-3-13(4-6-14)22-16(24)12-2-1-9-23(11-12)15-10-20-7-8-21-15/h3-8,10,12,17H,1-2,9,11H2,(H,22,24)/t12-/m0/s1. The molecule has 1 fully saturated rings. The van der Waals surface area contributed by atoms with Crippen LogP contribution in [0.25, 0.3) is 0 Å². The number of piperidine rings is 1. The molecule has 3 rings (SSSR count). The number of benzene rings is 1. The number of amides is 1. The number of rotatable bonds is 5. The fourth-order valence-corrected chi connectivity index (χ4v) is 3.65. The van der Waals surface area contributed by atoms with Crippen molar-refractivity contribution in [3.05, 3.63) is 42.9 Å². The zero-order chi connectivity index (χ0) is 19.4. The summed E-state index contributed by atoms with van der Waals surface area (Å²) < 4.78 is 48.0. The number of alkyl halides is 2. The number of carbonyl (C=O) groups is 1. The van der Waals surface area contributed by atoms with Crippen LogP contribution in [-0.4, -0.2) is 43.1 Å². The van der Waals surface area contributed by atoms with Gasteiger partial charge in [0.1, 0.15) is 5.82 Å². The SMILES string of the molecule is O=C(Nc1ccc(S(=O)(=O)C(F)F)cc1)[C@H]1CCCN(c2cnccn2)C1. The topological polar surface area (TPSA) is 92.3 Å². The van der Waals surface area contributed by atoms with E-state index in [0.29, 0.717) is 24.5 Å². The summed E-state index contributed by atoms with van der Waals surface area (Å²) in [6.45, 7) is 1.27. The number of hydrogen-bond acceptors (Lipinski definition) is 6. The number of hydrogen-bond donors (Lipinski definition) is 1. The molecule has 2 heterocycles. The molecule has 10 heteroatoms. The normalized spacial score (nSPS) is 17.7. The van der Waals surface area contributed by atoms with Crippen molar-refractivity contribution in [2.45, 2.75) is 23.5 Å². The van der Waals surface area contributed by atoms with Crippen LogP contribution in [0.4, 0.5) is 20.3 Å². The second-order valence-corrected chi connectivity index (χ2v) is 8.09. The van der Waals surface area contributed by atoms with Crippen LogP contribution in [0.2, 0.25) is 0 Å². The molecule has 0 spiro atoms. The van der Waals surface area contributed by atoms with Gasteiger partial charge in [-0.2, -0.15) is 8.78 Å². The number of sulfone groups is 1. The zero-order valence-electron chi connectivity index (χ0n) is 14.3. The maximum Gasteiger partial charge on any atom is 0.341 e. The van der Waals surface area contributed by atoms with Crippen molar-refractivity contribution >= 4 is 27.2 Å². The molecule has 7 nitrogen and oxygen atoms in total. The van der Waals surface area contributed by atoms with Crippen molar-refractivity contribution in [1.82, 2.24) is 9.97 Å². The molecule has 1 amide bonds. The summed E-state index contributed by atoms with van der Waals surface area (Å²) in [5, 5.41) is 2.71. The Morgan fingerprint density at radius 2 is 1.96 bits per heavy atom. The van der Waals surface area contributed by atoms with Crippen LogP contribution < -0.4 is 10.2 Å². The fraction of sp³-hybridized carbons (Fsp3) is 0.353. The van der Waals surface area contributed by atoms with Gasteiger partial charge in [-0.3, -0.25) is 9.78 Å². The second kappa shape index (κ2) is 7.95. The maximum absolute atomic E-state index is 12.6. The molecule has 2 aromatic rings. The Labute approximate surface area is 155 Å². The summed E-state index contributed by atoms with van der Waals surface area (Å²) in [5.74, 6) is -3.26. The van der Waals surface area contributed by atoms with Crippen molar-refractivity contribution in [2.24, 2.45) is 5.92 Å². The number of carbonyl (C=O) groups excluding carboxylic acids is 1. The lowest BCUT2D eigenvalue weighted by Crippen LogP contribution is -2.41. The third-order valence-electron chi connectivity index (χ3n) is 4.35. The lowest BCUT2D eigenvalue weighted by Gasteiger charge is -2.32. The van der Waals surface area contributed by atoms with E-state index < -0.39 is 20.5 Å². The molecule has 1 aromatic carbocycles. The van der Waals surface area contributed by atoms with E-state index in [9.17, 15) is 22.0 Å². The number of nitrogens with one attached hydrogen (secondary N) is 1. The highest BCUT2D eigenvalue weighted by atomic mass is 32.2. The van der Waals surface area contributed by atoms with E-state index in [0.717, 1.165) is 25.1 Å². The third-order valence-corrected chi connectivity index (χ3v) is 5.75. The summed E-state index contributed by atoms with van der Waals surface area (Å²) in [6.07, 6.45) is 6.34. The van der Waals surface area contributed by atoms with Gasteiger partial charge in [0.25, 0.3) is 0 Å². The van der Waals surface area contributed by atoms with Gasteiger partial charge < -0.3 is 10.2 Å². The first kappa shape index (κ1) is 19.2. The molecule has 1 aromatic heterocycles. The van der Waals surface area contributed by atoms with E-state index >= 15 is 0 Å². The van der Waals surface area contributed by atoms with Gasteiger partial charge in [0.05, 0.1) is 17.0 Å². The lowest BCUT2D eigenvalue weighted by molar-refractivity contribution is -0.120. The Bertz CT molecular complexity index is 892. The Kier molecular flexibility index (Phi) is 5.64. The predicted molar refractivity (Wildman–Crippen MR) is 95.2 cm³/mol. The molecule has 1 aliphatic heterocycles. The number of anilines is 2. The van der Waals surface area contributed by atoms with Crippen molar-refractivity contribution < 1.29 is 22.0 Å². The van der Waals surface area contributed by atoms with Crippen molar-refractivity contribution in [1.29, 1.82) is 0 Å². The van der Waals surface area contributed by atoms with E-state index in [-0.39, 0.29) is 11.8 Å². The Hall–Kier alpha value is -2.62. The molecule has 1 atom stereocenters. The van der Waals surface area contributed by atoms with Gasteiger partial charge >= 0.3 is 5.76 Å². The van der Waals surface area contributed by atoms with Crippen molar-refractivity contribution in [3.63, 3.8) is 0 Å². The number of nitrogens with zero attached hydrogens (tertiary/aromatic N) is 3. The highest BCUT2D eigenvalue weighted by molar-refractivity contribution is 7.91. The van der Waals surface area contributed by atoms with Crippen molar-refractivity contribution in [2.75, 3.05) is 23.3 Å². The molecule has 144 valence electrons. The minimum absolute atomic E-state index is 0.215. The maximum atomic E-state index is 12.6. The van der Waals surface area contributed by atoms with Crippen LogP contribution in [0.1, 0.15) is 12.8 Å². The monoisotopic (exact) mass is 396 g/mol. The average Bonchev–Trinajstić information content (AvgIpc) is 2.69. The summed E-state index contributed by atoms with van der Waals surface area (Å²) in [7, 11) is -4.65. The first-order valence-corrected chi connectivity index (χ1v) is 9.86. The minimum atomic E-state index is -4.65. The molecule has 0 unspecified atom stereocenters. The molecule has 27 heavy (non-hydrogen) atoms. The molecule has 1 saturated heterocycles. The average molecular weight is 396 g/mol. The summed E-state index contributed by atoms with van der Waals surface area (Å²) in [6, 6.07) is 4.72. The lowest BCUT2D eigenvalue weighted by atomic mass is 9.97. The molecular formula is C17H18F2N4O3S. The number of aromatic nitrogens is 2.